The van der Waals surface area contributed by atoms with Crippen LogP contribution in [0.3, 0.4) is 0 Å². The van der Waals surface area contributed by atoms with Crippen molar-refractivity contribution in [1.82, 2.24) is 0 Å². The number of nitrogens with zero attached hydrogens (tertiary/aromatic N) is 1. The van der Waals surface area contributed by atoms with Crippen molar-refractivity contribution in [1.29, 1.82) is 0 Å². The molecule has 0 saturated carbocycles. The third-order valence-electron chi connectivity index (χ3n) is 2.31. The van der Waals surface area contributed by atoms with E-state index in [1.54, 1.807) is 35.7 Å². The van der Waals surface area contributed by atoms with Crippen molar-refractivity contribution in [3.8, 4) is 0 Å². The van der Waals surface area contributed by atoms with Gasteiger partial charge in [-0.05, 0) is 23.6 Å². The first kappa shape index (κ1) is 12.1. The highest BCUT2D eigenvalue weighted by Crippen LogP contribution is 2.13. The predicted molar refractivity (Wildman–Crippen MR) is 71.2 cm³/mol. The predicted octanol–water partition coefficient (Wildman–Crippen LogP) is 2.09. The van der Waals surface area contributed by atoms with Gasteiger partial charge in [0.15, 0.2) is 5.84 Å². The summed E-state index contributed by atoms with van der Waals surface area (Å²) in [6, 6.07) is 8.52. The first-order chi connectivity index (χ1) is 8.70. The molecule has 1 amide bonds. The molecule has 0 aliphatic heterocycles. The number of oxime groups is 1. The average molecular weight is 261 g/mol. The lowest BCUT2D eigenvalue weighted by Crippen LogP contribution is -2.15. The Bertz CT molecular complexity index is 579. The molecule has 0 radical (unpaired) electrons. The fourth-order valence-electron chi connectivity index (χ4n) is 1.41. The Hall–Kier alpha value is -2.34. The molecule has 0 unspecified atom stereocenters. The van der Waals surface area contributed by atoms with Crippen LogP contribution in [0.5, 0.6) is 0 Å². The Labute approximate surface area is 108 Å². The number of rotatable bonds is 3. The standard InChI is InChI=1S/C12H11N3O2S/c13-11(15-17)8-2-1-3-10(6-8)14-12(16)9-4-5-18-7-9/h1-7,17H,(H2,13,15)(H,14,16). The summed E-state index contributed by atoms with van der Waals surface area (Å²) in [5.41, 5.74) is 7.22. The maximum atomic E-state index is 11.8. The molecule has 1 aromatic heterocycles. The lowest BCUT2D eigenvalue weighted by atomic mass is 10.2. The van der Waals surface area contributed by atoms with Crippen molar-refractivity contribution in [3.63, 3.8) is 0 Å². The Balaban J connectivity index is 2.17. The highest BCUT2D eigenvalue weighted by atomic mass is 32.1. The maximum Gasteiger partial charge on any atom is 0.256 e. The molecule has 0 aliphatic carbocycles. The van der Waals surface area contributed by atoms with E-state index >= 15 is 0 Å². The van der Waals surface area contributed by atoms with Crippen LogP contribution in [0.15, 0.2) is 46.2 Å². The molecule has 6 heteroatoms. The minimum Gasteiger partial charge on any atom is -0.409 e. The second-order valence-corrected chi connectivity index (χ2v) is 4.31. The third kappa shape index (κ3) is 2.67. The number of nitrogens with one attached hydrogen (secondary N) is 1. The number of thiophene rings is 1. The van der Waals surface area contributed by atoms with Gasteiger partial charge in [0.2, 0.25) is 0 Å². The number of anilines is 1. The highest BCUT2D eigenvalue weighted by molar-refractivity contribution is 7.08. The van der Waals surface area contributed by atoms with Gasteiger partial charge in [-0.25, -0.2) is 0 Å². The molecule has 0 saturated heterocycles. The summed E-state index contributed by atoms with van der Waals surface area (Å²) >= 11 is 1.46. The molecule has 0 fully saturated rings. The van der Waals surface area contributed by atoms with Crippen LogP contribution in [-0.2, 0) is 0 Å². The van der Waals surface area contributed by atoms with E-state index in [0.717, 1.165) is 0 Å². The van der Waals surface area contributed by atoms with E-state index in [9.17, 15) is 4.79 Å². The molecule has 0 bridgehead atoms. The number of nitrogens with two attached hydrogens (primary N) is 1. The summed E-state index contributed by atoms with van der Waals surface area (Å²) in [6.07, 6.45) is 0. The van der Waals surface area contributed by atoms with E-state index in [4.69, 9.17) is 10.9 Å². The largest absolute Gasteiger partial charge is 0.409 e. The van der Waals surface area contributed by atoms with Crippen molar-refractivity contribution in [2.24, 2.45) is 10.9 Å². The number of amides is 1. The second kappa shape index (κ2) is 5.33. The topological polar surface area (TPSA) is 87.7 Å². The number of benzene rings is 1. The summed E-state index contributed by atoms with van der Waals surface area (Å²) in [6.45, 7) is 0. The molecule has 2 rings (SSSR count). The summed E-state index contributed by atoms with van der Waals surface area (Å²) in [5.74, 6) is -0.186. The van der Waals surface area contributed by atoms with Gasteiger partial charge in [0.1, 0.15) is 0 Å². The lowest BCUT2D eigenvalue weighted by Gasteiger charge is -2.05. The molecule has 0 atom stereocenters. The lowest BCUT2D eigenvalue weighted by molar-refractivity contribution is 0.102. The van der Waals surface area contributed by atoms with Crippen LogP contribution < -0.4 is 11.1 Å². The average Bonchev–Trinajstić information content (AvgIpc) is 2.92. The molecular formula is C12H11N3O2S. The smallest absolute Gasteiger partial charge is 0.256 e. The van der Waals surface area contributed by atoms with Gasteiger partial charge < -0.3 is 16.3 Å². The van der Waals surface area contributed by atoms with E-state index in [-0.39, 0.29) is 11.7 Å². The monoisotopic (exact) mass is 261 g/mol. The molecule has 4 N–H and O–H groups in total. The number of hydrogen-bond donors (Lipinski definition) is 3. The molecular weight excluding hydrogens is 250 g/mol. The molecule has 1 heterocycles. The Morgan fingerprint density at radius 2 is 2.17 bits per heavy atom. The molecule has 5 nitrogen and oxygen atoms in total. The zero-order chi connectivity index (χ0) is 13.0. The van der Waals surface area contributed by atoms with Crippen LogP contribution in [-0.4, -0.2) is 17.0 Å². The molecule has 0 spiro atoms. The molecule has 1 aromatic carbocycles. The van der Waals surface area contributed by atoms with Crippen molar-refractivity contribution in [2.75, 3.05) is 5.32 Å². The van der Waals surface area contributed by atoms with Crippen LogP contribution in [0.1, 0.15) is 15.9 Å². The molecule has 92 valence electrons. The van der Waals surface area contributed by atoms with E-state index in [2.05, 4.69) is 10.5 Å². The van der Waals surface area contributed by atoms with Gasteiger partial charge in [0.05, 0.1) is 5.56 Å². The summed E-state index contributed by atoms with van der Waals surface area (Å²) in [4.78, 5) is 11.8. The zero-order valence-electron chi connectivity index (χ0n) is 9.33. The quantitative estimate of drug-likeness (QED) is 0.342. The van der Waals surface area contributed by atoms with Crippen LogP contribution >= 0.6 is 11.3 Å². The third-order valence-corrected chi connectivity index (χ3v) is 2.99. The Morgan fingerprint density at radius 1 is 1.33 bits per heavy atom. The van der Waals surface area contributed by atoms with Crippen molar-refractivity contribution in [3.05, 3.63) is 52.2 Å². The van der Waals surface area contributed by atoms with Gasteiger partial charge in [0.25, 0.3) is 5.91 Å². The van der Waals surface area contributed by atoms with E-state index in [0.29, 0.717) is 16.8 Å². The summed E-state index contributed by atoms with van der Waals surface area (Å²) < 4.78 is 0. The Morgan fingerprint density at radius 3 is 2.83 bits per heavy atom. The van der Waals surface area contributed by atoms with Gasteiger partial charge >= 0.3 is 0 Å². The number of amidine groups is 1. The maximum absolute atomic E-state index is 11.8. The van der Waals surface area contributed by atoms with Gasteiger partial charge in [0, 0.05) is 16.6 Å². The summed E-state index contributed by atoms with van der Waals surface area (Å²) in [5, 5.41) is 17.8. The fraction of sp³-hybridized carbons (Fsp3) is 0. The minimum absolute atomic E-state index is 0.00151. The van der Waals surface area contributed by atoms with Crippen LogP contribution in [0, 0.1) is 0 Å². The Kier molecular flexibility index (Phi) is 3.59. The fourth-order valence-corrected chi connectivity index (χ4v) is 2.05. The minimum atomic E-state index is -0.187. The van der Waals surface area contributed by atoms with E-state index in [1.165, 1.54) is 11.3 Å². The van der Waals surface area contributed by atoms with E-state index < -0.39 is 0 Å². The number of carbonyl (C=O) groups excluding carboxylic acids is 1. The van der Waals surface area contributed by atoms with Crippen LogP contribution in [0.4, 0.5) is 5.69 Å². The van der Waals surface area contributed by atoms with Crippen molar-refractivity contribution in [2.45, 2.75) is 0 Å². The zero-order valence-corrected chi connectivity index (χ0v) is 10.1. The molecule has 18 heavy (non-hydrogen) atoms. The normalized spacial score (nSPS) is 11.2. The molecule has 0 aliphatic rings. The van der Waals surface area contributed by atoms with Crippen LogP contribution in [0.2, 0.25) is 0 Å². The second-order valence-electron chi connectivity index (χ2n) is 3.53. The first-order valence-electron chi connectivity index (χ1n) is 5.12. The first-order valence-corrected chi connectivity index (χ1v) is 6.06. The van der Waals surface area contributed by atoms with Gasteiger partial charge in [-0.15, -0.1) is 0 Å². The summed E-state index contributed by atoms with van der Waals surface area (Å²) in [7, 11) is 0. The SMILES string of the molecule is N/C(=N/O)c1cccc(NC(=O)c2ccsc2)c1. The van der Waals surface area contributed by atoms with Crippen molar-refractivity contribution < 1.29 is 10.0 Å². The number of carbonyl (C=O) groups is 1. The van der Waals surface area contributed by atoms with Gasteiger partial charge in [-0.2, -0.15) is 11.3 Å². The molecule has 2 aromatic rings. The highest BCUT2D eigenvalue weighted by Gasteiger charge is 2.07. The van der Waals surface area contributed by atoms with E-state index in [1.807, 2.05) is 5.38 Å². The van der Waals surface area contributed by atoms with Gasteiger partial charge in [-0.3, -0.25) is 4.79 Å². The number of hydrogen-bond acceptors (Lipinski definition) is 4. The van der Waals surface area contributed by atoms with Crippen LogP contribution in [0.25, 0.3) is 0 Å². The van der Waals surface area contributed by atoms with Crippen molar-refractivity contribution >= 4 is 28.8 Å². The van der Waals surface area contributed by atoms with Gasteiger partial charge in [-0.1, -0.05) is 17.3 Å².